The number of hydrogen-bond acceptors (Lipinski definition) is 3. The van der Waals surface area contributed by atoms with Crippen LogP contribution in [0.2, 0.25) is 0 Å². The predicted octanol–water partition coefficient (Wildman–Crippen LogP) is 1.39. The molecule has 2 rings (SSSR count). The molecule has 72 valence electrons. The highest BCUT2D eigenvalue weighted by Gasteiger charge is 2.10. The second kappa shape index (κ2) is 3.14. The lowest BCUT2D eigenvalue weighted by Crippen LogP contribution is -1.96. The van der Waals surface area contributed by atoms with Crippen LogP contribution in [0.25, 0.3) is 10.9 Å². The third-order valence-electron chi connectivity index (χ3n) is 2.22. The highest BCUT2D eigenvalue weighted by atomic mass is 16.5. The maximum Gasteiger partial charge on any atom is 0.155 e. The average Bonchev–Trinajstić information content (AvgIpc) is 2.59. The van der Waals surface area contributed by atoms with Crippen LogP contribution in [0.1, 0.15) is 10.4 Å². The number of carbonyl (C=O) groups is 1. The summed E-state index contributed by atoms with van der Waals surface area (Å²) >= 11 is 0. The summed E-state index contributed by atoms with van der Waals surface area (Å²) in [5, 5.41) is 5.07. The van der Waals surface area contributed by atoms with Crippen molar-refractivity contribution in [2.24, 2.45) is 7.05 Å². The molecule has 0 unspecified atom stereocenters. The lowest BCUT2D eigenvalue weighted by atomic mass is 10.1. The summed E-state index contributed by atoms with van der Waals surface area (Å²) in [6, 6.07) is 3.59. The third-order valence-corrected chi connectivity index (χ3v) is 2.22. The summed E-state index contributed by atoms with van der Waals surface area (Å²) in [4.78, 5) is 10.8. The third kappa shape index (κ3) is 1.08. The van der Waals surface area contributed by atoms with Crippen molar-refractivity contribution in [3.63, 3.8) is 0 Å². The van der Waals surface area contributed by atoms with Crippen LogP contribution in [0.3, 0.4) is 0 Å². The van der Waals surface area contributed by atoms with Gasteiger partial charge in [-0.3, -0.25) is 9.48 Å². The van der Waals surface area contributed by atoms with Gasteiger partial charge in [0.1, 0.15) is 5.52 Å². The minimum Gasteiger partial charge on any atom is -0.494 e. The van der Waals surface area contributed by atoms with E-state index >= 15 is 0 Å². The van der Waals surface area contributed by atoms with Crippen molar-refractivity contribution in [1.29, 1.82) is 0 Å². The number of hydrogen-bond donors (Lipinski definition) is 0. The molecule has 0 radical (unpaired) electrons. The summed E-state index contributed by atoms with van der Waals surface area (Å²) in [5.74, 6) is 0.581. The van der Waals surface area contributed by atoms with E-state index in [1.165, 1.54) is 0 Å². The van der Waals surface area contributed by atoms with Crippen LogP contribution in [0.4, 0.5) is 0 Å². The van der Waals surface area contributed by atoms with Crippen molar-refractivity contribution < 1.29 is 9.53 Å². The monoisotopic (exact) mass is 190 g/mol. The molecular formula is C10H10N2O2. The molecule has 0 saturated heterocycles. The maximum absolute atomic E-state index is 10.8. The minimum atomic E-state index is 0.545. The van der Waals surface area contributed by atoms with Gasteiger partial charge in [-0.15, -0.1) is 0 Å². The smallest absolute Gasteiger partial charge is 0.155 e. The van der Waals surface area contributed by atoms with E-state index < -0.39 is 0 Å². The van der Waals surface area contributed by atoms with Gasteiger partial charge in [-0.1, -0.05) is 6.07 Å². The van der Waals surface area contributed by atoms with Crippen LogP contribution in [-0.2, 0) is 7.05 Å². The number of nitrogens with zero attached hydrogens (tertiary/aromatic N) is 2. The molecule has 0 aliphatic carbocycles. The van der Waals surface area contributed by atoms with Crippen molar-refractivity contribution in [3.8, 4) is 5.75 Å². The highest BCUT2D eigenvalue weighted by Crippen LogP contribution is 2.27. The molecule has 0 fully saturated rings. The topological polar surface area (TPSA) is 44.1 Å². The van der Waals surface area contributed by atoms with E-state index in [2.05, 4.69) is 5.10 Å². The molecule has 1 heterocycles. The fourth-order valence-corrected chi connectivity index (χ4v) is 1.55. The van der Waals surface area contributed by atoms with Crippen molar-refractivity contribution in [2.75, 3.05) is 7.11 Å². The van der Waals surface area contributed by atoms with E-state index in [-0.39, 0.29) is 0 Å². The zero-order valence-electron chi connectivity index (χ0n) is 8.02. The number of rotatable bonds is 2. The van der Waals surface area contributed by atoms with Crippen LogP contribution < -0.4 is 4.74 Å². The van der Waals surface area contributed by atoms with E-state index in [1.807, 2.05) is 13.1 Å². The van der Waals surface area contributed by atoms with Gasteiger partial charge >= 0.3 is 0 Å². The van der Waals surface area contributed by atoms with Crippen molar-refractivity contribution in [2.45, 2.75) is 0 Å². The Morgan fingerprint density at radius 3 is 2.93 bits per heavy atom. The molecule has 0 aliphatic heterocycles. The number of ether oxygens (including phenoxy) is 1. The van der Waals surface area contributed by atoms with Gasteiger partial charge in [0.25, 0.3) is 0 Å². The standard InChI is InChI=1S/C10H10N2O2/c1-12-9-7(5-11-12)3-4-8(6-13)10(9)14-2/h3-6H,1-2H3. The normalized spacial score (nSPS) is 10.4. The zero-order chi connectivity index (χ0) is 10.1. The van der Waals surface area contributed by atoms with E-state index in [1.54, 1.807) is 24.1 Å². The minimum absolute atomic E-state index is 0.545. The second-order valence-corrected chi connectivity index (χ2v) is 3.01. The van der Waals surface area contributed by atoms with E-state index in [0.717, 1.165) is 17.2 Å². The Kier molecular flexibility index (Phi) is 1.96. The van der Waals surface area contributed by atoms with Crippen molar-refractivity contribution >= 4 is 17.2 Å². The first kappa shape index (κ1) is 8.74. The van der Waals surface area contributed by atoms with Crippen LogP contribution in [0.5, 0.6) is 5.75 Å². The number of fused-ring (bicyclic) bond motifs is 1. The number of methoxy groups -OCH3 is 1. The summed E-state index contributed by atoms with van der Waals surface area (Å²) in [5.41, 5.74) is 1.39. The number of aryl methyl sites for hydroxylation is 1. The Morgan fingerprint density at radius 1 is 1.50 bits per heavy atom. The highest BCUT2D eigenvalue weighted by molar-refractivity contribution is 5.93. The molecule has 1 aromatic heterocycles. The van der Waals surface area contributed by atoms with Crippen LogP contribution >= 0.6 is 0 Å². The molecule has 4 nitrogen and oxygen atoms in total. The molecule has 0 amide bonds. The number of aromatic nitrogens is 2. The molecular weight excluding hydrogens is 180 g/mol. The zero-order valence-corrected chi connectivity index (χ0v) is 8.02. The lowest BCUT2D eigenvalue weighted by molar-refractivity contribution is 0.112. The van der Waals surface area contributed by atoms with Crippen LogP contribution in [0, 0.1) is 0 Å². The molecule has 2 aromatic rings. The van der Waals surface area contributed by atoms with Gasteiger partial charge in [-0.2, -0.15) is 5.10 Å². The number of carbonyl (C=O) groups excluding carboxylic acids is 1. The first-order valence-electron chi connectivity index (χ1n) is 4.22. The average molecular weight is 190 g/mol. The van der Waals surface area contributed by atoms with E-state index in [9.17, 15) is 4.79 Å². The molecule has 4 heteroatoms. The predicted molar refractivity (Wildman–Crippen MR) is 52.7 cm³/mol. The Bertz CT molecular complexity index is 488. The summed E-state index contributed by atoms with van der Waals surface area (Å²) in [7, 11) is 3.37. The molecule has 0 bridgehead atoms. The summed E-state index contributed by atoms with van der Waals surface area (Å²) in [6.07, 6.45) is 2.53. The molecule has 0 atom stereocenters. The van der Waals surface area contributed by atoms with Gasteiger partial charge in [-0.05, 0) is 6.07 Å². The Hall–Kier alpha value is -1.84. The van der Waals surface area contributed by atoms with Gasteiger partial charge in [0, 0.05) is 12.4 Å². The Balaban J connectivity index is 2.87. The SMILES string of the molecule is COc1c(C=O)ccc2cnn(C)c12. The molecule has 14 heavy (non-hydrogen) atoms. The molecule has 0 spiro atoms. The quantitative estimate of drug-likeness (QED) is 0.672. The number of benzene rings is 1. The van der Waals surface area contributed by atoms with E-state index in [4.69, 9.17) is 4.74 Å². The van der Waals surface area contributed by atoms with Gasteiger partial charge in [0.2, 0.25) is 0 Å². The number of aldehydes is 1. The van der Waals surface area contributed by atoms with Crippen LogP contribution in [0.15, 0.2) is 18.3 Å². The molecule has 0 saturated carbocycles. The second-order valence-electron chi connectivity index (χ2n) is 3.01. The summed E-state index contributed by atoms with van der Waals surface area (Å²) < 4.78 is 6.89. The van der Waals surface area contributed by atoms with Gasteiger partial charge in [0.15, 0.2) is 12.0 Å². The van der Waals surface area contributed by atoms with Crippen molar-refractivity contribution in [3.05, 3.63) is 23.9 Å². The van der Waals surface area contributed by atoms with Crippen molar-refractivity contribution in [1.82, 2.24) is 9.78 Å². The first-order chi connectivity index (χ1) is 6.77. The van der Waals surface area contributed by atoms with Gasteiger partial charge in [-0.25, -0.2) is 0 Å². The molecule has 0 N–H and O–H groups in total. The van der Waals surface area contributed by atoms with Crippen LogP contribution in [-0.4, -0.2) is 23.2 Å². The fraction of sp³-hybridized carbons (Fsp3) is 0.200. The maximum atomic E-state index is 10.8. The van der Waals surface area contributed by atoms with E-state index in [0.29, 0.717) is 11.3 Å². The lowest BCUT2D eigenvalue weighted by Gasteiger charge is -2.05. The molecule has 1 aromatic carbocycles. The van der Waals surface area contributed by atoms with Gasteiger partial charge in [0.05, 0.1) is 18.9 Å². The summed E-state index contributed by atoms with van der Waals surface area (Å²) in [6.45, 7) is 0. The Morgan fingerprint density at radius 2 is 2.29 bits per heavy atom. The molecule has 0 aliphatic rings. The largest absolute Gasteiger partial charge is 0.494 e. The fourth-order valence-electron chi connectivity index (χ4n) is 1.55. The Labute approximate surface area is 81.1 Å². The first-order valence-corrected chi connectivity index (χ1v) is 4.22. The van der Waals surface area contributed by atoms with Gasteiger partial charge < -0.3 is 4.74 Å².